The molecule has 0 aliphatic heterocycles. The van der Waals surface area contributed by atoms with E-state index in [4.69, 9.17) is 5.73 Å². The van der Waals surface area contributed by atoms with Crippen molar-refractivity contribution >= 4 is 18.3 Å². The van der Waals surface area contributed by atoms with Crippen LogP contribution in [-0.4, -0.2) is 11.9 Å². The highest BCUT2D eigenvalue weighted by Crippen LogP contribution is 2.35. The van der Waals surface area contributed by atoms with Gasteiger partial charge in [-0.1, -0.05) is 32.0 Å². The first-order chi connectivity index (χ1) is 12.3. The molecule has 0 spiro atoms. The normalized spacial score (nSPS) is 16.6. The van der Waals surface area contributed by atoms with Crippen molar-refractivity contribution in [3.05, 3.63) is 59.4 Å². The van der Waals surface area contributed by atoms with E-state index in [9.17, 15) is 9.18 Å². The lowest BCUT2D eigenvalue weighted by Gasteiger charge is -2.34. The molecule has 0 aromatic heterocycles. The molecule has 2 aromatic rings. The Hall–Kier alpha value is -1.91. The first kappa shape index (κ1) is 21.4. The van der Waals surface area contributed by atoms with E-state index in [2.05, 4.69) is 19.2 Å². The van der Waals surface area contributed by atoms with Gasteiger partial charge in [-0.25, -0.2) is 4.39 Å². The maximum absolute atomic E-state index is 14.3. The number of hydrogen-bond donors (Lipinski definition) is 2. The summed E-state index contributed by atoms with van der Waals surface area (Å²) in [6.45, 7) is 5.40. The quantitative estimate of drug-likeness (QED) is 0.748. The van der Waals surface area contributed by atoms with E-state index in [0.717, 1.165) is 17.7 Å². The van der Waals surface area contributed by atoms with Gasteiger partial charge in [-0.15, -0.1) is 12.4 Å². The molecule has 0 bridgehead atoms. The maximum atomic E-state index is 14.3. The predicted molar refractivity (Wildman–Crippen MR) is 110 cm³/mol. The van der Waals surface area contributed by atoms with Crippen LogP contribution >= 0.6 is 12.4 Å². The number of hydrogen-bond acceptors (Lipinski definition) is 2. The summed E-state index contributed by atoms with van der Waals surface area (Å²) in [5.74, 6) is -0.745. The molecule has 0 saturated heterocycles. The molecule has 2 aromatic carbocycles. The molecule has 5 heteroatoms. The second-order valence-electron chi connectivity index (χ2n) is 8.08. The molecule has 3 nitrogen and oxygen atoms in total. The highest BCUT2D eigenvalue weighted by Gasteiger charge is 2.26. The predicted octanol–water partition coefficient (Wildman–Crippen LogP) is 5.07. The average molecular weight is 391 g/mol. The van der Waals surface area contributed by atoms with Crippen LogP contribution in [0.25, 0.3) is 11.1 Å². The number of amides is 1. The van der Waals surface area contributed by atoms with E-state index in [0.29, 0.717) is 22.6 Å². The Kier molecular flexibility index (Phi) is 7.01. The van der Waals surface area contributed by atoms with Gasteiger partial charge in [0.15, 0.2) is 0 Å². The van der Waals surface area contributed by atoms with Gasteiger partial charge >= 0.3 is 0 Å². The first-order valence-corrected chi connectivity index (χ1v) is 9.26. The third kappa shape index (κ3) is 5.53. The van der Waals surface area contributed by atoms with Crippen LogP contribution < -0.4 is 11.1 Å². The summed E-state index contributed by atoms with van der Waals surface area (Å²) < 4.78 is 14.3. The smallest absolute Gasteiger partial charge is 0.248 e. The average Bonchev–Trinajstić information content (AvgIpc) is 2.62. The molecule has 1 amide bonds. The topological polar surface area (TPSA) is 55.1 Å². The summed E-state index contributed by atoms with van der Waals surface area (Å²) in [4.78, 5) is 11.2. The van der Waals surface area contributed by atoms with Gasteiger partial charge in [-0.3, -0.25) is 4.79 Å². The minimum atomic E-state index is -0.481. The van der Waals surface area contributed by atoms with Gasteiger partial charge in [-0.2, -0.15) is 0 Å². The zero-order valence-electron chi connectivity index (χ0n) is 15.9. The van der Waals surface area contributed by atoms with Gasteiger partial charge in [0, 0.05) is 23.7 Å². The zero-order chi connectivity index (χ0) is 18.7. The fourth-order valence-corrected chi connectivity index (χ4v) is 3.58. The largest absolute Gasteiger partial charge is 0.366 e. The molecule has 0 atom stereocenters. The summed E-state index contributed by atoms with van der Waals surface area (Å²) >= 11 is 0. The van der Waals surface area contributed by atoms with Gasteiger partial charge < -0.3 is 11.1 Å². The van der Waals surface area contributed by atoms with E-state index < -0.39 is 5.91 Å². The third-order valence-corrected chi connectivity index (χ3v) is 5.45. The summed E-state index contributed by atoms with van der Waals surface area (Å²) in [6.07, 6.45) is 4.86. The molecule has 0 heterocycles. The minimum absolute atomic E-state index is 0. The number of primary amides is 1. The van der Waals surface area contributed by atoms with Crippen LogP contribution in [0, 0.1) is 11.2 Å². The molecule has 3 N–H and O–H groups in total. The molecule has 3 rings (SSSR count). The van der Waals surface area contributed by atoms with Crippen molar-refractivity contribution in [1.82, 2.24) is 5.32 Å². The van der Waals surface area contributed by atoms with Crippen molar-refractivity contribution in [2.24, 2.45) is 11.1 Å². The second kappa shape index (κ2) is 8.85. The molecular formula is C22H28ClFN2O. The first-order valence-electron chi connectivity index (χ1n) is 9.26. The molecular weight excluding hydrogens is 363 g/mol. The fraction of sp³-hybridized carbons (Fsp3) is 0.409. The lowest BCUT2D eigenvalue weighted by Crippen LogP contribution is -2.35. The van der Waals surface area contributed by atoms with Gasteiger partial charge in [0.05, 0.1) is 0 Å². The molecule has 146 valence electrons. The van der Waals surface area contributed by atoms with E-state index in [-0.39, 0.29) is 18.2 Å². The molecule has 1 fully saturated rings. The Morgan fingerprint density at radius 1 is 1.15 bits per heavy atom. The van der Waals surface area contributed by atoms with Crippen molar-refractivity contribution in [2.75, 3.05) is 0 Å². The summed E-state index contributed by atoms with van der Waals surface area (Å²) in [5.41, 5.74) is 8.49. The van der Waals surface area contributed by atoms with E-state index in [1.165, 1.54) is 31.7 Å². The summed E-state index contributed by atoms with van der Waals surface area (Å²) in [7, 11) is 0. The van der Waals surface area contributed by atoms with Gasteiger partial charge in [0.2, 0.25) is 5.91 Å². The Balaban J connectivity index is 0.00000261. The Bertz CT molecular complexity index is 779. The van der Waals surface area contributed by atoms with Crippen molar-refractivity contribution in [3.8, 4) is 11.1 Å². The van der Waals surface area contributed by atoms with Crippen LogP contribution in [-0.2, 0) is 6.54 Å². The number of carbonyl (C=O) groups is 1. The standard InChI is InChI=1S/C22H27FN2O.ClH/c1-22(2)11-9-18(10-12-22)25-14-15-3-8-20(23)19(13-15)16-4-6-17(7-5-16)21(24)26;/h3-8,13,18,25H,9-12,14H2,1-2H3,(H2,24,26);1H. The minimum Gasteiger partial charge on any atom is -0.366 e. The van der Waals surface area contributed by atoms with Crippen LogP contribution in [0.4, 0.5) is 4.39 Å². The van der Waals surface area contributed by atoms with Crippen molar-refractivity contribution in [3.63, 3.8) is 0 Å². The molecule has 27 heavy (non-hydrogen) atoms. The van der Waals surface area contributed by atoms with Gasteiger partial charge in [-0.05, 0) is 66.5 Å². The number of benzene rings is 2. The number of halogens is 2. The van der Waals surface area contributed by atoms with Crippen molar-refractivity contribution < 1.29 is 9.18 Å². The van der Waals surface area contributed by atoms with Gasteiger partial charge in [0.25, 0.3) is 0 Å². The van der Waals surface area contributed by atoms with Crippen molar-refractivity contribution in [1.29, 1.82) is 0 Å². The highest BCUT2D eigenvalue weighted by molar-refractivity contribution is 5.93. The summed E-state index contributed by atoms with van der Waals surface area (Å²) in [6, 6.07) is 12.5. The van der Waals surface area contributed by atoms with Crippen LogP contribution in [0.15, 0.2) is 42.5 Å². The zero-order valence-corrected chi connectivity index (χ0v) is 16.7. The van der Waals surface area contributed by atoms with Crippen LogP contribution in [0.2, 0.25) is 0 Å². The van der Waals surface area contributed by atoms with E-state index in [1.54, 1.807) is 24.3 Å². The molecule has 1 aliphatic carbocycles. The van der Waals surface area contributed by atoms with E-state index in [1.807, 2.05) is 12.1 Å². The third-order valence-electron chi connectivity index (χ3n) is 5.45. The number of rotatable bonds is 5. The molecule has 0 radical (unpaired) electrons. The molecule has 0 unspecified atom stereocenters. The fourth-order valence-electron chi connectivity index (χ4n) is 3.58. The maximum Gasteiger partial charge on any atom is 0.248 e. The number of nitrogens with two attached hydrogens (primary N) is 1. The SMILES string of the molecule is CC1(C)CCC(NCc2ccc(F)c(-c3ccc(C(N)=O)cc3)c2)CC1.Cl. The van der Waals surface area contributed by atoms with Crippen LogP contribution in [0.3, 0.4) is 0 Å². The number of nitrogens with one attached hydrogen (secondary N) is 1. The highest BCUT2D eigenvalue weighted by atomic mass is 35.5. The summed E-state index contributed by atoms with van der Waals surface area (Å²) in [5, 5.41) is 3.61. The lowest BCUT2D eigenvalue weighted by molar-refractivity contribution is 0.100. The Labute approximate surface area is 167 Å². The Morgan fingerprint density at radius 3 is 2.37 bits per heavy atom. The molecule has 1 saturated carbocycles. The second-order valence-corrected chi connectivity index (χ2v) is 8.08. The van der Waals surface area contributed by atoms with Crippen molar-refractivity contribution in [2.45, 2.75) is 52.1 Å². The monoisotopic (exact) mass is 390 g/mol. The number of carbonyl (C=O) groups excluding carboxylic acids is 1. The molecule has 1 aliphatic rings. The van der Waals surface area contributed by atoms with Crippen LogP contribution in [0.1, 0.15) is 55.5 Å². The van der Waals surface area contributed by atoms with Gasteiger partial charge in [0.1, 0.15) is 5.82 Å². The van der Waals surface area contributed by atoms with E-state index >= 15 is 0 Å². The Morgan fingerprint density at radius 2 is 1.78 bits per heavy atom. The lowest BCUT2D eigenvalue weighted by atomic mass is 9.75. The van der Waals surface area contributed by atoms with Crippen LogP contribution in [0.5, 0.6) is 0 Å².